The third-order valence-corrected chi connectivity index (χ3v) is 5.55. The van der Waals surface area contributed by atoms with Crippen LogP contribution in [0.15, 0.2) is 48.8 Å². The zero-order chi connectivity index (χ0) is 27.7. The molecule has 10 nitrogen and oxygen atoms in total. The van der Waals surface area contributed by atoms with Gasteiger partial charge >= 0.3 is 12.1 Å². The second-order valence-corrected chi connectivity index (χ2v) is 8.10. The molecular weight excluding hydrogens is 509 g/mol. The maximum Gasteiger partial charge on any atom is 0.490 e. The van der Waals surface area contributed by atoms with Crippen molar-refractivity contribution < 1.29 is 42.1 Å². The summed E-state index contributed by atoms with van der Waals surface area (Å²) in [6.07, 6.45) is -0.945. The van der Waals surface area contributed by atoms with Gasteiger partial charge in [0, 0.05) is 25.4 Å². The number of carboxylic acid groups (broad SMARTS) is 1. The number of amides is 1. The van der Waals surface area contributed by atoms with Crippen LogP contribution in [0.2, 0.25) is 0 Å². The van der Waals surface area contributed by atoms with Crippen LogP contribution in [0.3, 0.4) is 0 Å². The predicted octanol–water partition coefficient (Wildman–Crippen LogP) is 3.40. The van der Waals surface area contributed by atoms with Gasteiger partial charge in [-0.15, -0.1) is 0 Å². The first-order valence-electron chi connectivity index (χ1n) is 11.4. The number of anilines is 1. The quantitative estimate of drug-likeness (QED) is 0.322. The minimum atomic E-state index is -5.08. The van der Waals surface area contributed by atoms with Crippen molar-refractivity contribution in [1.82, 2.24) is 15.5 Å². The Kier molecular flexibility index (Phi) is 9.68. The van der Waals surface area contributed by atoms with Crippen molar-refractivity contribution >= 4 is 17.6 Å². The second-order valence-electron chi connectivity index (χ2n) is 8.10. The number of rotatable bonds is 8. The zero-order valence-corrected chi connectivity index (χ0v) is 20.6. The Balaban J connectivity index is 0.000000505. The van der Waals surface area contributed by atoms with Crippen LogP contribution in [0.4, 0.5) is 18.9 Å². The second kappa shape index (κ2) is 12.9. The average Bonchev–Trinajstić information content (AvgIpc) is 3.44. The lowest BCUT2D eigenvalue weighted by molar-refractivity contribution is -0.192. The van der Waals surface area contributed by atoms with Gasteiger partial charge in [-0.1, -0.05) is 12.1 Å². The van der Waals surface area contributed by atoms with Gasteiger partial charge in [-0.3, -0.25) is 9.89 Å². The molecule has 0 aliphatic carbocycles. The van der Waals surface area contributed by atoms with E-state index >= 15 is 0 Å². The van der Waals surface area contributed by atoms with E-state index < -0.39 is 12.1 Å². The number of carboxylic acids is 1. The fraction of sp³-hybridized carbons (Fsp3) is 0.320. The molecule has 1 atom stereocenters. The highest BCUT2D eigenvalue weighted by molar-refractivity contribution is 5.97. The van der Waals surface area contributed by atoms with Crippen molar-refractivity contribution in [2.24, 2.45) is 0 Å². The first kappa shape index (κ1) is 28.5. The van der Waals surface area contributed by atoms with E-state index in [0.29, 0.717) is 37.6 Å². The topological polar surface area (TPSA) is 135 Å². The molecule has 0 unspecified atom stereocenters. The van der Waals surface area contributed by atoms with E-state index in [1.54, 1.807) is 20.4 Å². The van der Waals surface area contributed by atoms with Crippen LogP contribution >= 0.6 is 0 Å². The summed E-state index contributed by atoms with van der Waals surface area (Å²) in [5.74, 6) is -1.49. The Morgan fingerprint density at radius 3 is 2.50 bits per heavy atom. The van der Waals surface area contributed by atoms with Gasteiger partial charge in [0.2, 0.25) is 5.91 Å². The lowest BCUT2D eigenvalue weighted by Crippen LogP contribution is -2.44. The molecular formula is C25H27F3N4O6. The van der Waals surface area contributed by atoms with Gasteiger partial charge in [0.25, 0.3) is 0 Å². The Morgan fingerprint density at radius 1 is 1.11 bits per heavy atom. The van der Waals surface area contributed by atoms with Crippen molar-refractivity contribution in [2.75, 3.05) is 32.8 Å². The summed E-state index contributed by atoms with van der Waals surface area (Å²) in [4.78, 5) is 21.9. The summed E-state index contributed by atoms with van der Waals surface area (Å²) in [5.41, 5.74) is 4.79. The summed E-state index contributed by atoms with van der Waals surface area (Å²) >= 11 is 0. The molecule has 0 spiro atoms. The highest BCUT2D eigenvalue weighted by Gasteiger charge is 2.38. The van der Waals surface area contributed by atoms with Crippen molar-refractivity contribution in [2.45, 2.75) is 25.2 Å². The van der Waals surface area contributed by atoms with Gasteiger partial charge in [-0.05, 0) is 47.4 Å². The third-order valence-electron chi connectivity index (χ3n) is 5.55. The van der Waals surface area contributed by atoms with Crippen molar-refractivity contribution in [3.8, 4) is 22.6 Å². The normalized spacial score (nSPS) is 14.5. The van der Waals surface area contributed by atoms with Crippen molar-refractivity contribution in [1.29, 1.82) is 0 Å². The molecule has 2 aromatic carbocycles. The number of methoxy groups -OCH3 is 2. The number of halogens is 3. The van der Waals surface area contributed by atoms with Crippen LogP contribution in [0.5, 0.6) is 11.5 Å². The summed E-state index contributed by atoms with van der Waals surface area (Å²) in [7, 11) is 3.26. The molecule has 2 heterocycles. The summed E-state index contributed by atoms with van der Waals surface area (Å²) in [6.45, 7) is 1.46. The highest BCUT2D eigenvalue weighted by Crippen LogP contribution is 2.31. The summed E-state index contributed by atoms with van der Waals surface area (Å²) in [5, 5.41) is 20.3. The monoisotopic (exact) mass is 536 g/mol. The fourth-order valence-electron chi connectivity index (χ4n) is 3.59. The van der Waals surface area contributed by atoms with Crippen LogP contribution in [-0.2, 0) is 27.3 Å². The lowest BCUT2D eigenvalue weighted by Gasteiger charge is -2.26. The predicted molar refractivity (Wildman–Crippen MR) is 131 cm³/mol. The number of hydrogen-bond acceptors (Lipinski definition) is 7. The number of aromatic nitrogens is 2. The number of aromatic amines is 1. The molecule has 1 aromatic heterocycles. The molecule has 3 aromatic rings. The number of ether oxygens (including phenoxy) is 3. The molecule has 38 heavy (non-hydrogen) atoms. The molecule has 0 saturated heterocycles. The molecule has 1 aliphatic heterocycles. The van der Waals surface area contributed by atoms with E-state index in [-0.39, 0.29) is 11.9 Å². The Labute approximate surface area is 216 Å². The molecule has 0 fully saturated rings. The fourth-order valence-corrected chi connectivity index (χ4v) is 3.59. The first-order valence-corrected chi connectivity index (χ1v) is 11.4. The molecule has 1 amide bonds. The zero-order valence-electron chi connectivity index (χ0n) is 20.6. The highest BCUT2D eigenvalue weighted by atomic mass is 19.4. The molecule has 4 N–H and O–H groups in total. The molecule has 204 valence electrons. The maximum atomic E-state index is 13.0. The van der Waals surface area contributed by atoms with E-state index in [9.17, 15) is 18.0 Å². The molecule has 1 aliphatic rings. The van der Waals surface area contributed by atoms with E-state index in [4.69, 9.17) is 24.1 Å². The van der Waals surface area contributed by atoms with Gasteiger partial charge in [0.15, 0.2) is 0 Å². The number of nitrogens with zero attached hydrogens (tertiary/aromatic N) is 1. The SMILES string of the molecule is COCCOc1cc(-c2cn[nH]c2)ccc1NC(=O)[C@H]1Cc2cc(OC)ccc2CN1.O=C(O)C(F)(F)F. The van der Waals surface area contributed by atoms with Gasteiger partial charge in [-0.25, -0.2) is 4.79 Å². The van der Waals surface area contributed by atoms with E-state index in [0.717, 1.165) is 22.4 Å². The van der Waals surface area contributed by atoms with Crippen LogP contribution in [0, 0.1) is 0 Å². The van der Waals surface area contributed by atoms with E-state index in [2.05, 4.69) is 20.8 Å². The van der Waals surface area contributed by atoms with Crippen LogP contribution in [-0.4, -0.2) is 66.8 Å². The number of alkyl halides is 3. The first-order chi connectivity index (χ1) is 18.1. The van der Waals surface area contributed by atoms with Gasteiger partial charge in [0.1, 0.15) is 18.1 Å². The van der Waals surface area contributed by atoms with Crippen LogP contribution in [0.25, 0.3) is 11.1 Å². The molecule has 4 rings (SSSR count). The Hall–Kier alpha value is -4.10. The standard InChI is InChI=1S/C23H26N4O4.C2HF3O2/c1-29-7-8-31-22-11-15(18-13-25-26-14-18)4-6-20(22)27-23(28)21-10-17-9-19(30-2)5-3-16(17)12-24-21;3-2(4,5)1(6)7/h3-6,9,11,13-14,21,24H,7-8,10,12H2,1-2H3,(H,25,26)(H,27,28);(H,6,7)/t21-;/m1./s1. The van der Waals surface area contributed by atoms with E-state index in [1.807, 2.05) is 42.6 Å². The number of H-pyrrole nitrogens is 1. The van der Waals surface area contributed by atoms with Gasteiger partial charge in [-0.2, -0.15) is 18.3 Å². The van der Waals surface area contributed by atoms with E-state index in [1.165, 1.54) is 5.56 Å². The molecule has 0 bridgehead atoms. The lowest BCUT2D eigenvalue weighted by atomic mass is 9.95. The number of fused-ring (bicyclic) bond motifs is 1. The number of hydrogen-bond donors (Lipinski definition) is 4. The van der Waals surface area contributed by atoms with Crippen molar-refractivity contribution in [3.63, 3.8) is 0 Å². The summed E-state index contributed by atoms with van der Waals surface area (Å²) in [6, 6.07) is 11.3. The summed E-state index contributed by atoms with van der Waals surface area (Å²) < 4.78 is 48.0. The Morgan fingerprint density at radius 2 is 1.87 bits per heavy atom. The minimum Gasteiger partial charge on any atom is -0.497 e. The number of nitrogens with one attached hydrogen (secondary N) is 3. The smallest absolute Gasteiger partial charge is 0.490 e. The average molecular weight is 537 g/mol. The largest absolute Gasteiger partial charge is 0.497 e. The van der Waals surface area contributed by atoms with Crippen molar-refractivity contribution in [3.05, 3.63) is 59.9 Å². The molecule has 0 radical (unpaired) electrons. The maximum absolute atomic E-state index is 13.0. The number of benzene rings is 2. The van der Waals surface area contributed by atoms with Crippen LogP contribution < -0.4 is 20.1 Å². The number of carbonyl (C=O) groups is 2. The third kappa shape index (κ3) is 7.70. The minimum absolute atomic E-state index is 0.110. The molecule has 0 saturated carbocycles. The molecule has 13 heteroatoms. The van der Waals surface area contributed by atoms with Gasteiger partial charge < -0.3 is 30.0 Å². The number of carbonyl (C=O) groups excluding carboxylic acids is 1. The van der Waals surface area contributed by atoms with Crippen LogP contribution in [0.1, 0.15) is 11.1 Å². The Bertz CT molecular complexity index is 1230. The number of aliphatic carboxylic acids is 1. The van der Waals surface area contributed by atoms with Gasteiger partial charge in [0.05, 0.1) is 31.6 Å².